The minimum Gasteiger partial charge on any atom is -0.319 e. The van der Waals surface area contributed by atoms with Gasteiger partial charge in [-0.05, 0) is 7.05 Å². The monoisotopic (exact) mass is 278 g/mol. The molecule has 2 N–H and O–H groups in total. The molecule has 1 amide bonds. The number of hydrogen-bond donors (Lipinski definition) is 2. The fourth-order valence-electron chi connectivity index (χ4n) is 1.15. The van der Waals surface area contributed by atoms with Gasteiger partial charge in [-0.1, -0.05) is 32.1 Å². The molecule has 0 saturated carbocycles. The number of hydrogen-bond acceptors (Lipinski definition) is 5. The van der Waals surface area contributed by atoms with Crippen molar-refractivity contribution in [2.45, 2.75) is 26.7 Å². The zero-order chi connectivity index (χ0) is 12.1. The van der Waals surface area contributed by atoms with E-state index in [2.05, 4.69) is 34.7 Å². The van der Waals surface area contributed by atoms with Crippen molar-refractivity contribution >= 4 is 34.8 Å². The Balaban J connectivity index is 0.00000256. The normalized spacial score (nSPS) is 12.1. The highest BCUT2D eigenvalue weighted by atomic mass is 35.5. The number of carbonyl (C=O) groups excluding carboxylic acids is 1. The molecular weight excluding hydrogens is 260 g/mol. The van der Waals surface area contributed by atoms with Crippen molar-refractivity contribution in [3.63, 3.8) is 0 Å². The van der Waals surface area contributed by atoms with Gasteiger partial charge in [0.1, 0.15) is 5.01 Å². The van der Waals surface area contributed by atoms with Gasteiger partial charge in [-0.2, -0.15) is 0 Å². The van der Waals surface area contributed by atoms with Crippen LogP contribution in [0.15, 0.2) is 0 Å². The first kappa shape index (κ1) is 16.3. The number of nitrogens with one attached hydrogen (secondary N) is 2. The van der Waals surface area contributed by atoms with Crippen molar-refractivity contribution in [1.29, 1.82) is 0 Å². The summed E-state index contributed by atoms with van der Waals surface area (Å²) in [6.07, 6.45) is 0. The Bertz CT molecular complexity index is 356. The Hall–Kier alpha value is -0.720. The second kappa shape index (κ2) is 7.58. The summed E-state index contributed by atoms with van der Waals surface area (Å²) >= 11 is 1.43. The highest BCUT2D eigenvalue weighted by Gasteiger charge is 2.15. The Labute approximate surface area is 112 Å². The van der Waals surface area contributed by atoms with Crippen LogP contribution in [0.2, 0.25) is 0 Å². The summed E-state index contributed by atoms with van der Waals surface area (Å²) in [5.41, 5.74) is 0. The van der Waals surface area contributed by atoms with Crippen molar-refractivity contribution in [3.05, 3.63) is 5.01 Å². The molecule has 0 aliphatic carbocycles. The van der Waals surface area contributed by atoms with Crippen LogP contribution in [0.3, 0.4) is 0 Å². The van der Waals surface area contributed by atoms with E-state index in [0.29, 0.717) is 17.6 Å². The van der Waals surface area contributed by atoms with Crippen LogP contribution in [0, 0.1) is 5.92 Å². The summed E-state index contributed by atoms with van der Waals surface area (Å²) in [5.74, 6) is 0.245. The van der Waals surface area contributed by atoms with E-state index in [1.54, 1.807) is 0 Å². The molecule has 0 spiro atoms. The lowest BCUT2D eigenvalue weighted by Gasteiger charge is -2.08. The molecule has 0 aromatic carbocycles. The maximum absolute atomic E-state index is 11.7. The van der Waals surface area contributed by atoms with Crippen molar-refractivity contribution in [2.24, 2.45) is 5.92 Å². The molecule has 0 aliphatic heterocycles. The first-order valence-electron chi connectivity index (χ1n) is 5.33. The number of carbonyl (C=O) groups is 1. The van der Waals surface area contributed by atoms with Crippen molar-refractivity contribution in [2.75, 3.05) is 18.9 Å². The van der Waals surface area contributed by atoms with Crippen molar-refractivity contribution in [1.82, 2.24) is 15.5 Å². The van der Waals surface area contributed by atoms with Crippen LogP contribution in [-0.4, -0.2) is 29.7 Å². The standard InChI is InChI=1S/C10H18N4OS.ClH/c1-6(2)9-13-14-10(16-9)12-8(15)7(3)5-11-4;/h6-7,11H,5H2,1-4H3,(H,12,14,15);1H. The number of halogens is 1. The predicted molar refractivity (Wildman–Crippen MR) is 73.0 cm³/mol. The Morgan fingerprint density at radius 1 is 1.35 bits per heavy atom. The van der Waals surface area contributed by atoms with E-state index < -0.39 is 0 Å². The summed E-state index contributed by atoms with van der Waals surface area (Å²) < 4.78 is 0. The van der Waals surface area contributed by atoms with Gasteiger partial charge in [-0.25, -0.2) is 0 Å². The highest BCUT2D eigenvalue weighted by Crippen LogP contribution is 2.22. The molecule has 0 radical (unpaired) electrons. The predicted octanol–water partition coefficient (Wildman–Crippen LogP) is 1.88. The van der Waals surface area contributed by atoms with Gasteiger partial charge in [0.05, 0.1) is 0 Å². The largest absolute Gasteiger partial charge is 0.319 e. The first-order valence-corrected chi connectivity index (χ1v) is 6.15. The molecule has 5 nitrogen and oxygen atoms in total. The second-order valence-electron chi connectivity index (χ2n) is 4.05. The maximum atomic E-state index is 11.7. The minimum atomic E-state index is -0.0728. The Kier molecular flexibility index (Phi) is 7.26. The van der Waals surface area contributed by atoms with Crippen LogP contribution in [0.5, 0.6) is 0 Å². The summed E-state index contributed by atoms with van der Waals surface area (Å²) in [5, 5.41) is 15.2. The lowest BCUT2D eigenvalue weighted by atomic mass is 10.2. The summed E-state index contributed by atoms with van der Waals surface area (Å²) in [7, 11) is 1.82. The zero-order valence-electron chi connectivity index (χ0n) is 10.5. The van der Waals surface area contributed by atoms with E-state index in [0.717, 1.165) is 5.01 Å². The van der Waals surface area contributed by atoms with E-state index in [4.69, 9.17) is 0 Å². The molecule has 7 heteroatoms. The molecule has 0 saturated heterocycles. The molecule has 98 valence electrons. The van der Waals surface area contributed by atoms with Gasteiger partial charge in [0, 0.05) is 18.4 Å². The molecule has 0 bridgehead atoms. The maximum Gasteiger partial charge on any atom is 0.230 e. The zero-order valence-corrected chi connectivity index (χ0v) is 12.1. The average molecular weight is 279 g/mol. The van der Waals surface area contributed by atoms with Crippen molar-refractivity contribution in [3.8, 4) is 0 Å². The fourth-order valence-corrected chi connectivity index (χ4v) is 1.89. The van der Waals surface area contributed by atoms with E-state index >= 15 is 0 Å². The fraction of sp³-hybridized carbons (Fsp3) is 0.700. The number of nitrogens with zero attached hydrogens (tertiary/aromatic N) is 2. The second-order valence-corrected chi connectivity index (χ2v) is 5.06. The van der Waals surface area contributed by atoms with Gasteiger partial charge in [0.15, 0.2) is 0 Å². The number of amides is 1. The third-order valence-corrected chi connectivity index (χ3v) is 3.26. The Morgan fingerprint density at radius 3 is 2.47 bits per heavy atom. The van der Waals surface area contributed by atoms with Gasteiger partial charge in [0.25, 0.3) is 0 Å². The van der Waals surface area contributed by atoms with Crippen LogP contribution in [0.1, 0.15) is 31.7 Å². The third-order valence-electron chi connectivity index (χ3n) is 2.12. The lowest BCUT2D eigenvalue weighted by molar-refractivity contribution is -0.119. The molecule has 1 aromatic rings. The summed E-state index contributed by atoms with van der Waals surface area (Å²) in [6.45, 7) is 6.63. The molecular formula is C10H19ClN4OS. The molecule has 0 fully saturated rings. The van der Waals surface area contributed by atoms with Gasteiger partial charge in [-0.15, -0.1) is 22.6 Å². The van der Waals surface area contributed by atoms with Gasteiger partial charge >= 0.3 is 0 Å². The molecule has 1 heterocycles. The smallest absolute Gasteiger partial charge is 0.230 e. The number of anilines is 1. The first-order chi connectivity index (χ1) is 7.54. The van der Waals surface area contributed by atoms with Gasteiger partial charge in [-0.3, -0.25) is 4.79 Å². The quantitative estimate of drug-likeness (QED) is 0.863. The van der Waals surface area contributed by atoms with Crippen LogP contribution in [-0.2, 0) is 4.79 Å². The van der Waals surface area contributed by atoms with Crippen LogP contribution in [0.4, 0.5) is 5.13 Å². The van der Waals surface area contributed by atoms with Crippen LogP contribution >= 0.6 is 23.7 Å². The molecule has 1 atom stereocenters. The van der Waals surface area contributed by atoms with Crippen molar-refractivity contribution < 1.29 is 4.79 Å². The molecule has 17 heavy (non-hydrogen) atoms. The third kappa shape index (κ3) is 4.97. The SMILES string of the molecule is CNCC(C)C(=O)Nc1nnc(C(C)C)s1.Cl. The van der Waals surface area contributed by atoms with E-state index in [-0.39, 0.29) is 24.2 Å². The molecule has 1 unspecified atom stereocenters. The molecule has 1 rings (SSSR count). The van der Waals surface area contributed by atoms with Crippen LogP contribution in [0.25, 0.3) is 0 Å². The van der Waals surface area contributed by atoms with E-state index in [1.165, 1.54) is 11.3 Å². The Morgan fingerprint density at radius 2 is 2.00 bits per heavy atom. The average Bonchev–Trinajstić information content (AvgIpc) is 2.66. The summed E-state index contributed by atoms with van der Waals surface area (Å²) in [4.78, 5) is 11.7. The minimum absolute atomic E-state index is 0. The number of aromatic nitrogens is 2. The van der Waals surface area contributed by atoms with E-state index in [1.807, 2.05) is 14.0 Å². The molecule has 1 aromatic heterocycles. The number of rotatable bonds is 5. The lowest BCUT2D eigenvalue weighted by Crippen LogP contribution is -2.28. The highest BCUT2D eigenvalue weighted by molar-refractivity contribution is 7.15. The summed E-state index contributed by atoms with van der Waals surface area (Å²) in [6, 6.07) is 0. The van der Waals surface area contributed by atoms with Gasteiger partial charge in [0.2, 0.25) is 11.0 Å². The van der Waals surface area contributed by atoms with Crippen LogP contribution < -0.4 is 10.6 Å². The topological polar surface area (TPSA) is 66.9 Å². The van der Waals surface area contributed by atoms with Gasteiger partial charge < -0.3 is 10.6 Å². The molecule has 0 aliphatic rings. The van der Waals surface area contributed by atoms with E-state index in [9.17, 15) is 4.79 Å².